The number of amides is 1. The standard InChI is InChI=1S/C28H32N2O4S2/c1-22-11-17-27(18-12-22)36(32,33)30(21-28(31)29-19-20-35-26-9-5-6-10-26)23-13-15-25(16-14-23)34-24-7-3-2-4-8-24/h2-4,7-8,11-18,26H,5-6,9-10,19-21H2,1H3,(H,29,31). The highest BCUT2D eigenvalue weighted by Gasteiger charge is 2.27. The second-order valence-corrected chi connectivity index (χ2v) is 12.1. The van der Waals surface area contributed by atoms with Crippen molar-refractivity contribution < 1.29 is 17.9 Å². The van der Waals surface area contributed by atoms with Crippen molar-refractivity contribution in [1.29, 1.82) is 0 Å². The third kappa shape index (κ3) is 7.04. The molecule has 6 nitrogen and oxygen atoms in total. The van der Waals surface area contributed by atoms with Crippen molar-refractivity contribution in [3.8, 4) is 11.5 Å². The fourth-order valence-corrected chi connectivity index (χ4v) is 6.76. The van der Waals surface area contributed by atoms with E-state index >= 15 is 0 Å². The predicted octanol–water partition coefficient (Wildman–Crippen LogP) is 5.77. The number of para-hydroxylation sites is 1. The van der Waals surface area contributed by atoms with E-state index in [4.69, 9.17) is 4.74 Å². The van der Waals surface area contributed by atoms with Gasteiger partial charge in [0.2, 0.25) is 5.91 Å². The molecule has 1 fully saturated rings. The van der Waals surface area contributed by atoms with Gasteiger partial charge in [-0.15, -0.1) is 0 Å². The molecule has 190 valence electrons. The van der Waals surface area contributed by atoms with Gasteiger partial charge in [-0.25, -0.2) is 8.42 Å². The van der Waals surface area contributed by atoms with Crippen LogP contribution in [0.4, 0.5) is 5.69 Å². The first-order valence-electron chi connectivity index (χ1n) is 12.2. The van der Waals surface area contributed by atoms with Crippen LogP contribution in [-0.4, -0.2) is 38.4 Å². The number of sulfonamides is 1. The van der Waals surface area contributed by atoms with E-state index in [-0.39, 0.29) is 17.3 Å². The molecule has 8 heteroatoms. The lowest BCUT2D eigenvalue weighted by atomic mass is 10.2. The number of hydrogen-bond donors (Lipinski definition) is 1. The van der Waals surface area contributed by atoms with Gasteiger partial charge >= 0.3 is 0 Å². The molecule has 0 aromatic heterocycles. The normalized spacial score (nSPS) is 13.9. The Morgan fingerprint density at radius 1 is 0.944 bits per heavy atom. The molecule has 0 spiro atoms. The molecule has 1 aliphatic carbocycles. The molecule has 4 rings (SSSR count). The van der Waals surface area contributed by atoms with E-state index in [0.717, 1.165) is 15.6 Å². The maximum atomic E-state index is 13.6. The summed E-state index contributed by atoms with van der Waals surface area (Å²) in [6.45, 7) is 2.11. The molecule has 3 aromatic carbocycles. The third-order valence-corrected chi connectivity index (χ3v) is 9.25. The minimum absolute atomic E-state index is 0.141. The number of carbonyl (C=O) groups is 1. The van der Waals surface area contributed by atoms with Gasteiger partial charge in [0.1, 0.15) is 18.0 Å². The van der Waals surface area contributed by atoms with E-state index in [1.165, 1.54) is 25.7 Å². The minimum Gasteiger partial charge on any atom is -0.457 e. The Hall–Kier alpha value is -2.97. The average molecular weight is 525 g/mol. The first kappa shape index (κ1) is 26.1. The molecular formula is C28H32N2O4S2. The fourth-order valence-electron chi connectivity index (χ4n) is 4.11. The van der Waals surface area contributed by atoms with Crippen molar-refractivity contribution in [3.63, 3.8) is 0 Å². The number of aryl methyl sites for hydroxylation is 1. The second kappa shape index (κ2) is 12.3. The summed E-state index contributed by atoms with van der Waals surface area (Å²) < 4.78 is 34.1. The van der Waals surface area contributed by atoms with Crippen molar-refractivity contribution in [3.05, 3.63) is 84.4 Å². The van der Waals surface area contributed by atoms with E-state index in [0.29, 0.717) is 29.0 Å². The summed E-state index contributed by atoms with van der Waals surface area (Å²) in [6, 6.07) is 22.7. The quantitative estimate of drug-likeness (QED) is 0.322. The molecule has 0 saturated heterocycles. The molecule has 0 heterocycles. The molecule has 0 bridgehead atoms. The number of nitrogens with zero attached hydrogens (tertiary/aromatic N) is 1. The highest BCUT2D eigenvalue weighted by atomic mass is 32.2. The average Bonchev–Trinajstić information content (AvgIpc) is 3.40. The zero-order valence-corrected chi connectivity index (χ0v) is 22.1. The van der Waals surface area contributed by atoms with Crippen molar-refractivity contribution >= 4 is 33.4 Å². The van der Waals surface area contributed by atoms with Gasteiger partial charge in [-0.05, 0) is 68.3 Å². The topological polar surface area (TPSA) is 75.7 Å². The maximum absolute atomic E-state index is 13.6. The highest BCUT2D eigenvalue weighted by molar-refractivity contribution is 7.99. The van der Waals surface area contributed by atoms with Gasteiger partial charge in [0.15, 0.2) is 0 Å². The summed E-state index contributed by atoms with van der Waals surface area (Å²) in [7, 11) is -3.95. The van der Waals surface area contributed by atoms with Crippen LogP contribution >= 0.6 is 11.8 Å². The summed E-state index contributed by atoms with van der Waals surface area (Å²) >= 11 is 1.89. The Kier molecular flexibility index (Phi) is 8.93. The molecule has 0 radical (unpaired) electrons. The summed E-state index contributed by atoms with van der Waals surface area (Å²) in [5.41, 5.74) is 1.35. The van der Waals surface area contributed by atoms with Gasteiger partial charge in [-0.3, -0.25) is 9.10 Å². The summed E-state index contributed by atoms with van der Waals surface area (Å²) in [6.07, 6.45) is 5.05. The van der Waals surface area contributed by atoms with Crippen LogP contribution in [0.5, 0.6) is 11.5 Å². The molecule has 1 saturated carbocycles. The van der Waals surface area contributed by atoms with Crippen LogP contribution in [0.25, 0.3) is 0 Å². The Morgan fingerprint density at radius 2 is 1.58 bits per heavy atom. The van der Waals surface area contributed by atoms with Gasteiger partial charge < -0.3 is 10.1 Å². The lowest BCUT2D eigenvalue weighted by Gasteiger charge is -2.24. The molecule has 0 aliphatic heterocycles. The summed E-state index contributed by atoms with van der Waals surface area (Å²) in [4.78, 5) is 13.0. The van der Waals surface area contributed by atoms with E-state index in [2.05, 4.69) is 5.32 Å². The van der Waals surface area contributed by atoms with Crippen molar-refractivity contribution in [2.75, 3.05) is 23.1 Å². The van der Waals surface area contributed by atoms with E-state index in [1.54, 1.807) is 48.5 Å². The number of nitrogens with one attached hydrogen (secondary N) is 1. The van der Waals surface area contributed by atoms with Crippen LogP contribution in [0.3, 0.4) is 0 Å². The number of carbonyl (C=O) groups excluding carboxylic acids is 1. The number of anilines is 1. The maximum Gasteiger partial charge on any atom is 0.264 e. The lowest BCUT2D eigenvalue weighted by Crippen LogP contribution is -2.41. The molecule has 3 aromatic rings. The van der Waals surface area contributed by atoms with Crippen LogP contribution in [0.2, 0.25) is 0 Å². The fraction of sp³-hybridized carbons (Fsp3) is 0.321. The van der Waals surface area contributed by atoms with Crippen LogP contribution in [-0.2, 0) is 14.8 Å². The van der Waals surface area contributed by atoms with Gasteiger partial charge in [-0.1, -0.05) is 48.7 Å². The highest BCUT2D eigenvalue weighted by Crippen LogP contribution is 2.29. The van der Waals surface area contributed by atoms with Crippen LogP contribution in [0, 0.1) is 6.92 Å². The lowest BCUT2D eigenvalue weighted by molar-refractivity contribution is -0.119. The van der Waals surface area contributed by atoms with Gasteiger partial charge in [-0.2, -0.15) is 11.8 Å². The largest absolute Gasteiger partial charge is 0.457 e. The Balaban J connectivity index is 1.48. The Morgan fingerprint density at radius 3 is 2.25 bits per heavy atom. The van der Waals surface area contributed by atoms with E-state index < -0.39 is 10.0 Å². The molecule has 36 heavy (non-hydrogen) atoms. The molecule has 1 aliphatic rings. The Labute approximate surface area is 218 Å². The van der Waals surface area contributed by atoms with Crippen molar-refractivity contribution in [2.45, 2.75) is 42.8 Å². The number of benzene rings is 3. The number of rotatable bonds is 11. The first-order chi connectivity index (χ1) is 17.4. The second-order valence-electron chi connectivity index (χ2n) is 8.86. The van der Waals surface area contributed by atoms with Crippen LogP contribution in [0.1, 0.15) is 31.2 Å². The van der Waals surface area contributed by atoms with Crippen molar-refractivity contribution in [1.82, 2.24) is 5.32 Å². The van der Waals surface area contributed by atoms with Gasteiger partial charge in [0, 0.05) is 17.5 Å². The summed E-state index contributed by atoms with van der Waals surface area (Å²) in [5, 5.41) is 3.57. The zero-order chi connectivity index (χ0) is 25.4. The van der Waals surface area contributed by atoms with Crippen LogP contribution < -0.4 is 14.4 Å². The zero-order valence-electron chi connectivity index (χ0n) is 20.4. The number of hydrogen-bond acceptors (Lipinski definition) is 5. The minimum atomic E-state index is -3.95. The monoisotopic (exact) mass is 524 g/mol. The molecular weight excluding hydrogens is 492 g/mol. The van der Waals surface area contributed by atoms with Crippen molar-refractivity contribution in [2.24, 2.45) is 0 Å². The van der Waals surface area contributed by atoms with Gasteiger partial charge in [0.25, 0.3) is 10.0 Å². The third-order valence-electron chi connectivity index (χ3n) is 6.08. The molecule has 1 amide bonds. The summed E-state index contributed by atoms with van der Waals surface area (Å²) in [5.74, 6) is 1.75. The Bertz CT molecular complexity index is 1220. The molecule has 1 N–H and O–H groups in total. The van der Waals surface area contributed by atoms with E-state index in [9.17, 15) is 13.2 Å². The molecule has 0 atom stereocenters. The van der Waals surface area contributed by atoms with Gasteiger partial charge in [0.05, 0.1) is 10.6 Å². The smallest absolute Gasteiger partial charge is 0.264 e. The van der Waals surface area contributed by atoms with Crippen LogP contribution in [0.15, 0.2) is 83.8 Å². The van der Waals surface area contributed by atoms with E-state index in [1.807, 2.05) is 49.0 Å². The predicted molar refractivity (Wildman–Crippen MR) is 146 cm³/mol. The number of ether oxygens (including phenoxy) is 1. The first-order valence-corrected chi connectivity index (χ1v) is 14.7. The molecule has 0 unspecified atom stereocenters. The number of thioether (sulfide) groups is 1. The SMILES string of the molecule is Cc1ccc(S(=O)(=O)N(CC(=O)NCCSC2CCCC2)c2ccc(Oc3ccccc3)cc2)cc1.